The fraction of sp³-hybridized carbons (Fsp3) is 0.467. The quantitative estimate of drug-likeness (QED) is 0.902. The van der Waals surface area contributed by atoms with Gasteiger partial charge in [0.15, 0.2) is 0 Å². The average molecular weight is 293 g/mol. The Labute approximate surface area is 123 Å². The van der Waals surface area contributed by atoms with E-state index in [2.05, 4.69) is 29.1 Å². The molecule has 2 rings (SSSR count). The van der Waals surface area contributed by atoms with Gasteiger partial charge in [-0.05, 0) is 39.3 Å². The number of rotatable bonds is 5. The third kappa shape index (κ3) is 3.41. The van der Waals surface area contributed by atoms with E-state index in [0.29, 0.717) is 0 Å². The Balaban J connectivity index is 2.13. The van der Waals surface area contributed by atoms with Gasteiger partial charge in [-0.2, -0.15) is 0 Å². The van der Waals surface area contributed by atoms with E-state index < -0.39 is 0 Å². The molecule has 2 aromatic heterocycles. The second-order valence-corrected chi connectivity index (χ2v) is 6.17. The molecule has 0 aliphatic carbocycles. The van der Waals surface area contributed by atoms with Crippen molar-refractivity contribution < 1.29 is 4.39 Å². The summed E-state index contributed by atoms with van der Waals surface area (Å²) >= 11 is 1.72. The van der Waals surface area contributed by atoms with E-state index in [4.69, 9.17) is 0 Å². The number of halogens is 1. The highest BCUT2D eigenvalue weighted by Gasteiger charge is 2.18. The molecule has 0 radical (unpaired) electrons. The highest BCUT2D eigenvalue weighted by molar-refractivity contribution is 7.11. The van der Waals surface area contributed by atoms with Gasteiger partial charge in [0, 0.05) is 17.0 Å². The van der Waals surface area contributed by atoms with Crippen LogP contribution < -0.4 is 5.32 Å². The molecular weight excluding hydrogens is 273 g/mol. The van der Waals surface area contributed by atoms with Crippen molar-refractivity contribution in [2.24, 2.45) is 0 Å². The van der Waals surface area contributed by atoms with Gasteiger partial charge < -0.3 is 5.32 Å². The van der Waals surface area contributed by atoms with Gasteiger partial charge in [0.1, 0.15) is 5.82 Å². The summed E-state index contributed by atoms with van der Waals surface area (Å²) in [6, 6.07) is 3.53. The number of aryl methyl sites for hydroxylation is 2. The van der Waals surface area contributed by atoms with E-state index in [9.17, 15) is 4.39 Å². The first kappa shape index (κ1) is 15.1. The molecule has 5 heteroatoms. The first-order valence-corrected chi connectivity index (χ1v) is 7.64. The minimum Gasteiger partial charge on any atom is -0.301 e. The first-order valence-electron chi connectivity index (χ1n) is 6.82. The fourth-order valence-corrected chi connectivity index (χ4v) is 3.27. The molecule has 1 N–H and O–H groups in total. The highest BCUT2D eigenvalue weighted by atomic mass is 32.1. The van der Waals surface area contributed by atoms with Gasteiger partial charge in [-0.25, -0.2) is 9.37 Å². The molecule has 0 amide bonds. The van der Waals surface area contributed by atoms with Crippen molar-refractivity contribution in [3.63, 3.8) is 0 Å². The van der Waals surface area contributed by atoms with Gasteiger partial charge in [-0.3, -0.25) is 4.98 Å². The average Bonchev–Trinajstić information content (AvgIpc) is 2.76. The Hall–Kier alpha value is -1.33. The van der Waals surface area contributed by atoms with Crippen LogP contribution in [0.4, 0.5) is 4.39 Å². The topological polar surface area (TPSA) is 37.8 Å². The lowest BCUT2D eigenvalue weighted by molar-refractivity contribution is 0.449. The molecule has 2 unspecified atom stereocenters. The summed E-state index contributed by atoms with van der Waals surface area (Å²) in [7, 11) is 0. The van der Waals surface area contributed by atoms with Crippen molar-refractivity contribution in [3.05, 3.63) is 45.4 Å². The Bertz CT molecular complexity index is 565. The maximum absolute atomic E-state index is 12.9. The summed E-state index contributed by atoms with van der Waals surface area (Å²) in [5.41, 5.74) is 1.95. The summed E-state index contributed by atoms with van der Waals surface area (Å²) in [5, 5.41) is 4.64. The van der Waals surface area contributed by atoms with Crippen LogP contribution in [0.25, 0.3) is 0 Å². The number of nitrogens with zero attached hydrogens (tertiary/aromatic N) is 2. The van der Waals surface area contributed by atoms with Crippen molar-refractivity contribution in [2.75, 3.05) is 0 Å². The third-order valence-corrected chi connectivity index (χ3v) is 4.55. The van der Waals surface area contributed by atoms with E-state index >= 15 is 0 Å². The smallest absolute Gasteiger partial charge is 0.141 e. The van der Waals surface area contributed by atoms with Gasteiger partial charge >= 0.3 is 0 Å². The zero-order chi connectivity index (χ0) is 14.7. The molecule has 0 aromatic carbocycles. The van der Waals surface area contributed by atoms with Gasteiger partial charge in [-0.1, -0.05) is 6.92 Å². The molecule has 0 spiro atoms. The van der Waals surface area contributed by atoms with E-state index in [0.717, 1.165) is 22.8 Å². The number of hydrogen-bond donors (Lipinski definition) is 1. The molecule has 3 nitrogen and oxygen atoms in total. The third-order valence-electron chi connectivity index (χ3n) is 3.30. The van der Waals surface area contributed by atoms with E-state index in [-0.39, 0.29) is 17.9 Å². The standard InChI is InChI=1S/C15H20FN3S/c1-5-13(14-7-6-12(16)8-17-14)19-10(3)15-9(2)18-11(4)20-15/h6-8,10,13,19H,5H2,1-4H3. The van der Waals surface area contributed by atoms with Crippen molar-refractivity contribution >= 4 is 11.3 Å². The molecule has 2 atom stereocenters. The van der Waals surface area contributed by atoms with Crippen LogP contribution in [0.15, 0.2) is 18.3 Å². The Morgan fingerprint density at radius 3 is 2.60 bits per heavy atom. The van der Waals surface area contributed by atoms with Crippen LogP contribution >= 0.6 is 11.3 Å². The zero-order valence-corrected chi connectivity index (χ0v) is 13.1. The highest BCUT2D eigenvalue weighted by Crippen LogP contribution is 2.27. The lowest BCUT2D eigenvalue weighted by Crippen LogP contribution is -2.25. The molecule has 2 heterocycles. The van der Waals surface area contributed by atoms with Crippen molar-refractivity contribution in [2.45, 2.75) is 46.2 Å². The molecule has 0 fully saturated rings. The molecule has 0 bridgehead atoms. The van der Waals surface area contributed by atoms with Crippen LogP contribution in [0.2, 0.25) is 0 Å². The van der Waals surface area contributed by atoms with Crippen molar-refractivity contribution in [1.82, 2.24) is 15.3 Å². The van der Waals surface area contributed by atoms with Crippen LogP contribution in [0.3, 0.4) is 0 Å². The summed E-state index contributed by atoms with van der Waals surface area (Å²) in [4.78, 5) is 9.89. The number of hydrogen-bond acceptors (Lipinski definition) is 4. The predicted molar refractivity (Wildman–Crippen MR) is 80.4 cm³/mol. The summed E-state index contributed by atoms with van der Waals surface area (Å²) < 4.78 is 12.9. The first-order chi connectivity index (χ1) is 9.51. The minimum atomic E-state index is -0.300. The van der Waals surface area contributed by atoms with Crippen LogP contribution in [0.5, 0.6) is 0 Å². The van der Waals surface area contributed by atoms with Gasteiger partial charge in [-0.15, -0.1) is 11.3 Å². The normalized spacial score (nSPS) is 14.2. The van der Waals surface area contributed by atoms with Crippen LogP contribution in [-0.4, -0.2) is 9.97 Å². The molecule has 0 aliphatic heterocycles. The number of pyridine rings is 1. The summed E-state index contributed by atoms with van der Waals surface area (Å²) in [5.74, 6) is -0.300. The van der Waals surface area contributed by atoms with E-state index in [1.165, 1.54) is 17.1 Å². The molecule has 0 saturated carbocycles. The zero-order valence-electron chi connectivity index (χ0n) is 12.3. The van der Waals surface area contributed by atoms with Crippen LogP contribution in [0, 0.1) is 19.7 Å². The van der Waals surface area contributed by atoms with Gasteiger partial charge in [0.2, 0.25) is 0 Å². The van der Waals surface area contributed by atoms with E-state index in [1.807, 2.05) is 13.8 Å². The second-order valence-electron chi connectivity index (χ2n) is 4.93. The maximum Gasteiger partial charge on any atom is 0.141 e. The largest absolute Gasteiger partial charge is 0.301 e. The number of nitrogens with one attached hydrogen (secondary N) is 1. The Kier molecular flexibility index (Phi) is 4.83. The number of aromatic nitrogens is 2. The molecular formula is C15H20FN3S. The van der Waals surface area contributed by atoms with Crippen molar-refractivity contribution in [1.29, 1.82) is 0 Å². The van der Waals surface area contributed by atoms with Gasteiger partial charge in [0.25, 0.3) is 0 Å². The van der Waals surface area contributed by atoms with Gasteiger partial charge in [0.05, 0.1) is 22.6 Å². The van der Waals surface area contributed by atoms with Crippen LogP contribution in [0.1, 0.15) is 53.6 Å². The Morgan fingerprint density at radius 2 is 2.10 bits per heavy atom. The molecule has 2 aromatic rings. The van der Waals surface area contributed by atoms with Crippen molar-refractivity contribution in [3.8, 4) is 0 Å². The Morgan fingerprint density at radius 1 is 1.35 bits per heavy atom. The predicted octanol–water partition coefficient (Wildman–Crippen LogP) is 4.10. The number of thiazole rings is 1. The SMILES string of the molecule is CCC(NC(C)c1sc(C)nc1C)c1ccc(F)cn1. The maximum atomic E-state index is 12.9. The second kappa shape index (κ2) is 6.41. The summed E-state index contributed by atoms with van der Waals surface area (Å²) in [6.07, 6.45) is 2.17. The fourth-order valence-electron chi connectivity index (χ4n) is 2.33. The minimum absolute atomic E-state index is 0.118. The lowest BCUT2D eigenvalue weighted by atomic mass is 10.1. The lowest BCUT2D eigenvalue weighted by Gasteiger charge is -2.21. The van der Waals surface area contributed by atoms with Crippen LogP contribution in [-0.2, 0) is 0 Å². The monoisotopic (exact) mass is 293 g/mol. The molecule has 20 heavy (non-hydrogen) atoms. The molecule has 108 valence electrons. The van der Waals surface area contributed by atoms with E-state index in [1.54, 1.807) is 17.4 Å². The molecule has 0 saturated heterocycles. The summed E-state index contributed by atoms with van der Waals surface area (Å²) in [6.45, 7) is 8.28. The molecule has 0 aliphatic rings.